The highest BCUT2D eigenvalue weighted by Gasteiger charge is 2.41. The zero-order chi connectivity index (χ0) is 32.8. The molecule has 1 saturated heterocycles. The van der Waals surface area contributed by atoms with Gasteiger partial charge in [0.25, 0.3) is 0 Å². The van der Waals surface area contributed by atoms with Crippen molar-refractivity contribution < 1.29 is 23.1 Å². The zero-order valence-electron chi connectivity index (χ0n) is 26.8. The number of sulfonamides is 1. The summed E-state index contributed by atoms with van der Waals surface area (Å²) in [6, 6.07) is 24.1. The van der Waals surface area contributed by atoms with Gasteiger partial charge in [-0.15, -0.1) is 0 Å². The van der Waals surface area contributed by atoms with E-state index in [0.717, 1.165) is 39.7 Å². The molecule has 3 aromatic rings. The molecular formula is C35H44N4O5S. The first kappa shape index (κ1) is 34.1. The van der Waals surface area contributed by atoms with Crippen LogP contribution >= 0.6 is 0 Å². The van der Waals surface area contributed by atoms with Gasteiger partial charge in [-0.3, -0.25) is 9.69 Å². The van der Waals surface area contributed by atoms with Gasteiger partial charge >= 0.3 is 5.97 Å². The fourth-order valence-corrected chi connectivity index (χ4v) is 7.53. The number of para-hydroxylation sites is 1. The number of carboxylic acid groups (broad SMARTS) is 1. The largest absolute Gasteiger partial charge is 0.480 e. The van der Waals surface area contributed by atoms with E-state index in [1.165, 1.54) is 0 Å². The fourth-order valence-electron chi connectivity index (χ4n) is 5.84. The van der Waals surface area contributed by atoms with Crippen LogP contribution in [0.25, 0.3) is 0 Å². The Hall–Kier alpha value is -3.75. The second kappa shape index (κ2) is 14.6. The molecule has 1 heterocycles. The Balaban J connectivity index is 1.65. The predicted molar refractivity (Wildman–Crippen MR) is 175 cm³/mol. The molecule has 0 spiro atoms. The van der Waals surface area contributed by atoms with E-state index < -0.39 is 22.0 Å². The van der Waals surface area contributed by atoms with Crippen molar-refractivity contribution in [2.75, 3.05) is 26.4 Å². The Bertz CT molecular complexity index is 1610. The van der Waals surface area contributed by atoms with E-state index in [-0.39, 0.29) is 30.2 Å². The molecular weight excluding hydrogens is 588 g/mol. The number of ether oxygens (including phenoxy) is 1. The second-order valence-corrected chi connectivity index (χ2v) is 15.3. The molecule has 10 heteroatoms. The van der Waals surface area contributed by atoms with E-state index in [0.29, 0.717) is 24.4 Å². The predicted octanol–water partition coefficient (Wildman–Crippen LogP) is 5.71. The molecule has 3 aromatic carbocycles. The molecule has 240 valence electrons. The van der Waals surface area contributed by atoms with Gasteiger partial charge < -0.3 is 14.7 Å². The summed E-state index contributed by atoms with van der Waals surface area (Å²) in [6.07, 6.45) is 1.03. The number of carboxylic acids is 1. The lowest BCUT2D eigenvalue weighted by Crippen LogP contribution is -2.43. The maximum Gasteiger partial charge on any atom is 0.322 e. The summed E-state index contributed by atoms with van der Waals surface area (Å²) >= 11 is 0. The topological polar surface area (TPSA) is 114 Å². The molecule has 0 bridgehead atoms. The number of carbonyl (C=O) groups is 1. The Morgan fingerprint density at radius 3 is 2.38 bits per heavy atom. The van der Waals surface area contributed by atoms with E-state index in [1.807, 2.05) is 42.5 Å². The first-order chi connectivity index (χ1) is 21.2. The van der Waals surface area contributed by atoms with E-state index in [4.69, 9.17) is 10.00 Å². The number of nitriles is 1. The van der Waals surface area contributed by atoms with Crippen molar-refractivity contribution in [3.05, 3.63) is 95.1 Å². The maximum atomic E-state index is 12.7. The van der Waals surface area contributed by atoms with Crippen LogP contribution in [-0.4, -0.2) is 72.1 Å². The number of likely N-dealkylation sites (N-methyl/N-ethyl adjacent to an activating group) is 1. The number of hydrogen-bond acceptors (Lipinski definition) is 7. The van der Waals surface area contributed by atoms with Crippen LogP contribution in [0.2, 0.25) is 0 Å². The van der Waals surface area contributed by atoms with Gasteiger partial charge in [0.15, 0.2) is 0 Å². The van der Waals surface area contributed by atoms with Crippen LogP contribution in [0.1, 0.15) is 55.9 Å². The molecule has 1 aliphatic rings. The van der Waals surface area contributed by atoms with Gasteiger partial charge in [-0.1, -0.05) is 63.2 Å². The van der Waals surface area contributed by atoms with E-state index >= 15 is 0 Å². The van der Waals surface area contributed by atoms with Crippen molar-refractivity contribution in [3.63, 3.8) is 0 Å². The van der Waals surface area contributed by atoms with Crippen LogP contribution in [0.5, 0.6) is 11.5 Å². The number of benzene rings is 3. The molecule has 4 rings (SSSR count). The van der Waals surface area contributed by atoms with Crippen LogP contribution in [0.15, 0.2) is 72.8 Å². The van der Waals surface area contributed by atoms with Crippen molar-refractivity contribution in [2.45, 2.75) is 65.3 Å². The smallest absolute Gasteiger partial charge is 0.322 e. The van der Waals surface area contributed by atoms with Gasteiger partial charge in [-0.2, -0.15) is 9.57 Å². The number of aliphatic carboxylic acids is 1. The van der Waals surface area contributed by atoms with Gasteiger partial charge in [0, 0.05) is 37.8 Å². The molecule has 0 aliphatic carbocycles. The van der Waals surface area contributed by atoms with Gasteiger partial charge in [0.2, 0.25) is 10.0 Å². The van der Waals surface area contributed by atoms with Crippen LogP contribution in [0.4, 0.5) is 0 Å². The van der Waals surface area contributed by atoms with E-state index in [9.17, 15) is 18.3 Å². The van der Waals surface area contributed by atoms with Crippen molar-refractivity contribution in [1.29, 1.82) is 5.26 Å². The number of rotatable bonds is 13. The molecule has 2 atom stereocenters. The monoisotopic (exact) mass is 632 g/mol. The van der Waals surface area contributed by atoms with Crippen LogP contribution < -0.4 is 4.74 Å². The normalized spacial score (nSPS) is 17.3. The molecule has 1 N–H and O–H groups in total. The summed E-state index contributed by atoms with van der Waals surface area (Å²) in [7, 11) is 0.519. The van der Waals surface area contributed by atoms with E-state index in [2.05, 4.69) is 56.8 Å². The lowest BCUT2D eigenvalue weighted by Gasteiger charge is -2.38. The number of hydrogen-bond donors (Lipinski definition) is 1. The third-order valence-electron chi connectivity index (χ3n) is 7.85. The lowest BCUT2D eigenvalue weighted by molar-refractivity contribution is -0.141. The summed E-state index contributed by atoms with van der Waals surface area (Å²) in [4.78, 5) is 16.4. The average Bonchev–Trinajstić information content (AvgIpc) is 3.26. The van der Waals surface area contributed by atoms with Crippen LogP contribution in [0.3, 0.4) is 0 Å². The van der Waals surface area contributed by atoms with Crippen molar-refractivity contribution >= 4 is 16.0 Å². The van der Waals surface area contributed by atoms with E-state index in [1.54, 1.807) is 24.3 Å². The standard InChI is InChI=1S/C35H44N4O5S/c1-35(2,3)20-30(25-37(4)5)38(24-29-11-6-7-12-33(29)44-31-15-13-26(21-36)14-16-31)22-27-9-8-10-28(19-27)23-39-32(34(40)41)17-18-45(39,42)43/h6-16,19,30,32H,17-18,20,22-25H2,1-5H3,(H,40,41)/t30-,32?/m0/s1. The molecule has 1 fully saturated rings. The summed E-state index contributed by atoms with van der Waals surface area (Å²) in [5.41, 5.74) is 3.42. The van der Waals surface area contributed by atoms with Gasteiger partial charge in [0.05, 0.1) is 17.4 Å². The Morgan fingerprint density at radius 1 is 1.04 bits per heavy atom. The minimum atomic E-state index is -3.63. The quantitative estimate of drug-likeness (QED) is 0.255. The van der Waals surface area contributed by atoms with Crippen LogP contribution in [-0.2, 0) is 34.5 Å². The molecule has 1 aliphatic heterocycles. The minimum Gasteiger partial charge on any atom is -0.480 e. The molecule has 1 unspecified atom stereocenters. The summed E-state index contributed by atoms with van der Waals surface area (Å²) in [6.45, 7) is 8.79. The Morgan fingerprint density at radius 2 is 1.73 bits per heavy atom. The zero-order valence-corrected chi connectivity index (χ0v) is 27.6. The fraction of sp³-hybridized carbons (Fsp3) is 0.429. The Labute approximate surface area is 267 Å². The average molecular weight is 633 g/mol. The third kappa shape index (κ3) is 9.62. The third-order valence-corrected chi connectivity index (χ3v) is 9.70. The highest BCUT2D eigenvalue weighted by Crippen LogP contribution is 2.31. The SMILES string of the molecule is CN(C)C[C@H](CC(C)(C)C)N(Cc1cccc(CN2C(C(=O)O)CCS2(=O)=O)c1)Cc1ccccc1Oc1ccc(C#N)cc1. The molecule has 45 heavy (non-hydrogen) atoms. The highest BCUT2D eigenvalue weighted by molar-refractivity contribution is 7.89. The molecule has 0 amide bonds. The van der Waals surface area contributed by atoms with Crippen molar-refractivity contribution in [3.8, 4) is 17.6 Å². The maximum absolute atomic E-state index is 12.7. The molecule has 0 aromatic heterocycles. The second-order valence-electron chi connectivity index (χ2n) is 13.3. The first-order valence-electron chi connectivity index (χ1n) is 15.2. The van der Waals surface area contributed by atoms with Crippen molar-refractivity contribution in [2.24, 2.45) is 5.41 Å². The van der Waals surface area contributed by atoms with Crippen LogP contribution in [0, 0.1) is 16.7 Å². The molecule has 9 nitrogen and oxygen atoms in total. The summed E-state index contributed by atoms with van der Waals surface area (Å²) < 4.78 is 32.8. The van der Waals surface area contributed by atoms with Gasteiger partial charge in [-0.05, 0) is 73.8 Å². The van der Waals surface area contributed by atoms with Crippen molar-refractivity contribution in [1.82, 2.24) is 14.1 Å². The lowest BCUT2D eigenvalue weighted by atomic mass is 9.87. The summed E-state index contributed by atoms with van der Waals surface area (Å²) in [5, 5.41) is 18.8. The minimum absolute atomic E-state index is 0.0253. The first-order valence-corrected chi connectivity index (χ1v) is 16.8. The molecule has 0 saturated carbocycles. The molecule has 0 radical (unpaired) electrons. The Kier molecular flexibility index (Phi) is 11.0. The summed E-state index contributed by atoms with van der Waals surface area (Å²) in [5.74, 6) is 0.116. The highest BCUT2D eigenvalue weighted by atomic mass is 32.2. The van der Waals surface area contributed by atoms with Gasteiger partial charge in [0.1, 0.15) is 17.5 Å². The number of nitrogens with zero attached hydrogens (tertiary/aromatic N) is 4. The van der Waals surface area contributed by atoms with Gasteiger partial charge in [-0.25, -0.2) is 8.42 Å².